The van der Waals surface area contributed by atoms with E-state index >= 15 is 0 Å². The van der Waals surface area contributed by atoms with Crippen molar-refractivity contribution in [3.63, 3.8) is 0 Å². The predicted octanol–water partition coefficient (Wildman–Crippen LogP) is 2.33. The van der Waals surface area contributed by atoms with E-state index in [0.717, 1.165) is 18.5 Å². The molecule has 174 valence electrons. The van der Waals surface area contributed by atoms with Gasteiger partial charge in [-0.1, -0.05) is 31.1 Å². The van der Waals surface area contributed by atoms with Crippen LogP contribution in [0.25, 0.3) is 0 Å². The van der Waals surface area contributed by atoms with Crippen molar-refractivity contribution in [2.75, 3.05) is 6.54 Å². The summed E-state index contributed by atoms with van der Waals surface area (Å²) in [5, 5.41) is 25.5. The summed E-state index contributed by atoms with van der Waals surface area (Å²) in [5.41, 5.74) is 0.425. The van der Waals surface area contributed by atoms with Crippen molar-refractivity contribution in [1.29, 1.82) is 0 Å². The van der Waals surface area contributed by atoms with Crippen LogP contribution in [0.4, 0.5) is 0 Å². The minimum atomic E-state index is -0.789. The van der Waals surface area contributed by atoms with Crippen molar-refractivity contribution in [3.8, 4) is 0 Å². The number of hydrogen-bond acceptors (Lipinski definition) is 7. The summed E-state index contributed by atoms with van der Waals surface area (Å²) in [6.45, 7) is 7.74. The summed E-state index contributed by atoms with van der Waals surface area (Å²) in [6, 6.07) is -0.200. The van der Waals surface area contributed by atoms with Crippen LogP contribution in [0, 0.1) is 5.41 Å². The molecule has 2 aromatic rings. The van der Waals surface area contributed by atoms with Gasteiger partial charge in [-0.2, -0.15) is 0 Å². The predicted molar refractivity (Wildman–Crippen MR) is 117 cm³/mol. The van der Waals surface area contributed by atoms with Gasteiger partial charge in [0.15, 0.2) is 5.76 Å². The monoisotopic (exact) mass is 508 g/mol. The second kappa shape index (κ2) is 8.58. The van der Waals surface area contributed by atoms with Gasteiger partial charge in [0, 0.05) is 31.1 Å². The van der Waals surface area contributed by atoms with E-state index in [-0.39, 0.29) is 24.8 Å². The summed E-state index contributed by atoms with van der Waals surface area (Å²) in [5.74, 6) is 0.310. The first-order valence-corrected chi connectivity index (χ1v) is 11.7. The van der Waals surface area contributed by atoms with Crippen LogP contribution in [0.1, 0.15) is 76.4 Å². The maximum atomic E-state index is 13.7. The highest BCUT2D eigenvalue weighted by Gasteiger charge is 2.45. The number of nitrogens with one attached hydrogen (secondary N) is 1. The normalized spacial score (nSPS) is 23.2. The van der Waals surface area contributed by atoms with Crippen molar-refractivity contribution in [2.24, 2.45) is 5.41 Å². The Labute approximate surface area is 194 Å². The van der Waals surface area contributed by atoms with Gasteiger partial charge >= 0.3 is 0 Å². The molecule has 1 aliphatic carbocycles. The summed E-state index contributed by atoms with van der Waals surface area (Å²) >= 11 is 3.22. The first-order chi connectivity index (χ1) is 15.0. The molecule has 0 spiro atoms. The standard InChI is InChI=1S/C21H29BrN6O4/c1-11(16-8-17(22)25-32-16)23-19(30)15-7-13(29)9-27(15)20(31)18(21(2,3)4)28-10-14(24-26-28)12-5-6-12/h8,10-13,15,18,29H,5-7,9H2,1-4H3,(H,23,30)/t11-,13+,15-,18+/m0/s1. The smallest absolute Gasteiger partial charge is 0.248 e. The third-order valence-corrected chi connectivity index (χ3v) is 6.37. The molecule has 2 aliphatic rings. The van der Waals surface area contributed by atoms with Gasteiger partial charge in [-0.15, -0.1) is 5.10 Å². The minimum Gasteiger partial charge on any atom is -0.391 e. The van der Waals surface area contributed by atoms with Crippen LogP contribution in [0.15, 0.2) is 21.4 Å². The molecule has 1 saturated heterocycles. The molecule has 0 unspecified atom stereocenters. The fraction of sp³-hybridized carbons (Fsp3) is 0.667. The molecule has 1 saturated carbocycles. The fourth-order valence-corrected chi connectivity index (χ4v) is 4.48. The van der Waals surface area contributed by atoms with Crippen molar-refractivity contribution in [1.82, 2.24) is 30.4 Å². The van der Waals surface area contributed by atoms with Gasteiger partial charge in [0.2, 0.25) is 11.8 Å². The van der Waals surface area contributed by atoms with Crippen LogP contribution >= 0.6 is 15.9 Å². The lowest BCUT2D eigenvalue weighted by molar-refractivity contribution is -0.144. The molecule has 4 rings (SSSR count). The molecule has 2 amide bonds. The third kappa shape index (κ3) is 4.73. The van der Waals surface area contributed by atoms with Gasteiger partial charge in [-0.05, 0) is 41.1 Å². The lowest BCUT2D eigenvalue weighted by Gasteiger charge is -2.34. The maximum Gasteiger partial charge on any atom is 0.248 e. The number of aliphatic hydroxyl groups is 1. The van der Waals surface area contributed by atoms with E-state index in [2.05, 4.69) is 36.7 Å². The quantitative estimate of drug-likeness (QED) is 0.612. The second-order valence-electron chi connectivity index (χ2n) is 9.84. The molecule has 0 aromatic carbocycles. The Kier molecular flexibility index (Phi) is 6.15. The summed E-state index contributed by atoms with van der Waals surface area (Å²) in [7, 11) is 0. The zero-order valence-corrected chi connectivity index (χ0v) is 20.2. The van der Waals surface area contributed by atoms with Crippen LogP contribution in [-0.4, -0.2) is 60.7 Å². The highest BCUT2D eigenvalue weighted by Crippen LogP contribution is 2.40. The maximum absolute atomic E-state index is 13.7. The zero-order valence-electron chi connectivity index (χ0n) is 18.7. The van der Waals surface area contributed by atoms with Gasteiger partial charge in [-0.3, -0.25) is 9.59 Å². The van der Waals surface area contributed by atoms with E-state index < -0.39 is 29.6 Å². The van der Waals surface area contributed by atoms with E-state index in [1.165, 1.54) is 4.90 Å². The molecule has 0 bridgehead atoms. The number of β-amino-alcohol motifs (C(OH)–C–C–N with tert-alkyl or cyclic N) is 1. The Bertz CT molecular complexity index is 995. The fourth-order valence-electron chi connectivity index (χ4n) is 4.18. The van der Waals surface area contributed by atoms with Crippen molar-refractivity contribution < 1.29 is 19.2 Å². The van der Waals surface area contributed by atoms with Crippen molar-refractivity contribution in [3.05, 3.63) is 28.3 Å². The van der Waals surface area contributed by atoms with Gasteiger partial charge in [0.05, 0.1) is 17.8 Å². The van der Waals surface area contributed by atoms with E-state index in [9.17, 15) is 14.7 Å². The van der Waals surface area contributed by atoms with Gasteiger partial charge < -0.3 is 19.8 Å². The van der Waals surface area contributed by atoms with Crippen LogP contribution in [0.5, 0.6) is 0 Å². The molecule has 2 aromatic heterocycles. The Hall–Kier alpha value is -2.27. The Morgan fingerprint density at radius 2 is 2.06 bits per heavy atom. The molecule has 2 fully saturated rings. The number of halogens is 1. The van der Waals surface area contributed by atoms with E-state index in [4.69, 9.17) is 4.52 Å². The average molecular weight is 509 g/mol. The van der Waals surface area contributed by atoms with Crippen LogP contribution in [-0.2, 0) is 9.59 Å². The molecule has 32 heavy (non-hydrogen) atoms. The SMILES string of the molecule is C[C@H](NC(=O)[C@@H]1C[C@@H](O)CN1C(=O)[C@@H](n1cc(C2CC2)nn1)C(C)(C)C)c1cc(Br)no1. The number of likely N-dealkylation sites (tertiary alicyclic amines) is 1. The van der Waals surface area contributed by atoms with Gasteiger partial charge in [0.25, 0.3) is 0 Å². The number of aliphatic hydroxyl groups excluding tert-OH is 1. The van der Waals surface area contributed by atoms with E-state index in [1.807, 2.05) is 27.0 Å². The molecular formula is C21H29BrN6O4. The molecular weight excluding hydrogens is 480 g/mol. The zero-order chi connectivity index (χ0) is 23.2. The summed E-state index contributed by atoms with van der Waals surface area (Å²) < 4.78 is 7.34. The van der Waals surface area contributed by atoms with E-state index in [1.54, 1.807) is 17.7 Å². The Balaban J connectivity index is 1.54. The second-order valence-corrected chi connectivity index (χ2v) is 10.7. The first kappa shape index (κ1) is 22.9. The number of carbonyl (C=O) groups is 2. The molecule has 0 radical (unpaired) electrons. The first-order valence-electron chi connectivity index (χ1n) is 10.9. The number of nitrogens with zero attached hydrogens (tertiary/aromatic N) is 5. The number of rotatable bonds is 6. The highest BCUT2D eigenvalue weighted by molar-refractivity contribution is 9.10. The number of hydrogen-bond donors (Lipinski definition) is 2. The Morgan fingerprint density at radius 1 is 1.34 bits per heavy atom. The third-order valence-electron chi connectivity index (χ3n) is 5.99. The molecule has 10 nitrogen and oxygen atoms in total. The average Bonchev–Trinajstić information content (AvgIpc) is 3.09. The Morgan fingerprint density at radius 3 is 2.66 bits per heavy atom. The number of amides is 2. The van der Waals surface area contributed by atoms with Crippen LogP contribution in [0.2, 0.25) is 0 Å². The molecule has 11 heteroatoms. The van der Waals surface area contributed by atoms with Crippen molar-refractivity contribution in [2.45, 2.75) is 77.1 Å². The minimum absolute atomic E-state index is 0.0932. The molecule has 2 N–H and O–H groups in total. The van der Waals surface area contributed by atoms with Crippen molar-refractivity contribution >= 4 is 27.7 Å². The van der Waals surface area contributed by atoms with Crippen LogP contribution in [0.3, 0.4) is 0 Å². The summed E-state index contributed by atoms with van der Waals surface area (Å²) in [4.78, 5) is 28.3. The summed E-state index contributed by atoms with van der Waals surface area (Å²) in [6.07, 6.45) is 3.42. The lowest BCUT2D eigenvalue weighted by Crippen LogP contribution is -2.50. The lowest BCUT2D eigenvalue weighted by atomic mass is 9.85. The van der Waals surface area contributed by atoms with E-state index in [0.29, 0.717) is 16.3 Å². The van der Waals surface area contributed by atoms with Gasteiger partial charge in [-0.25, -0.2) is 4.68 Å². The molecule has 3 heterocycles. The largest absolute Gasteiger partial charge is 0.391 e. The number of carbonyl (C=O) groups excluding carboxylic acids is 2. The van der Waals surface area contributed by atoms with Gasteiger partial charge in [0.1, 0.15) is 16.7 Å². The molecule has 4 atom stereocenters. The number of aromatic nitrogens is 4. The molecule has 1 aliphatic heterocycles. The topological polar surface area (TPSA) is 126 Å². The van der Waals surface area contributed by atoms with Crippen LogP contribution < -0.4 is 5.32 Å². The highest BCUT2D eigenvalue weighted by atomic mass is 79.9.